The van der Waals surface area contributed by atoms with Crippen molar-refractivity contribution in [2.75, 3.05) is 0 Å². The summed E-state index contributed by atoms with van der Waals surface area (Å²) >= 11 is 0. The van der Waals surface area contributed by atoms with E-state index < -0.39 is 0 Å². The highest BCUT2D eigenvalue weighted by Gasteiger charge is 2.05. The third-order valence-corrected chi connectivity index (χ3v) is 2.34. The van der Waals surface area contributed by atoms with Gasteiger partial charge in [0.2, 0.25) is 0 Å². The molecule has 6 nitrogen and oxygen atoms in total. The van der Waals surface area contributed by atoms with Gasteiger partial charge < -0.3 is 5.32 Å². The highest BCUT2D eigenvalue weighted by molar-refractivity contribution is 5.22. The van der Waals surface area contributed by atoms with E-state index in [1.165, 1.54) is 11.9 Å². The lowest BCUT2D eigenvalue weighted by Gasteiger charge is -2.02. The maximum Gasteiger partial charge on any atom is 0.138 e. The normalized spacial score (nSPS) is 10.8. The summed E-state index contributed by atoms with van der Waals surface area (Å²) in [5.41, 5.74) is 3.37. The Morgan fingerprint density at radius 1 is 1.27 bits per heavy atom. The molecule has 0 amide bonds. The molecule has 0 spiro atoms. The quantitative estimate of drug-likeness (QED) is 0.677. The molecule has 0 fully saturated rings. The Kier molecular flexibility index (Phi) is 2.77. The van der Waals surface area contributed by atoms with Crippen LogP contribution < -0.4 is 5.32 Å². The van der Waals surface area contributed by atoms with Crippen molar-refractivity contribution < 1.29 is 0 Å². The molecule has 2 rings (SSSR count). The Labute approximate surface area is 87.5 Å². The van der Waals surface area contributed by atoms with Gasteiger partial charge in [0, 0.05) is 17.8 Å². The molecule has 0 unspecified atom stereocenters. The predicted molar refractivity (Wildman–Crippen MR) is 55.0 cm³/mol. The van der Waals surface area contributed by atoms with Gasteiger partial charge in [-0.05, 0) is 13.8 Å². The lowest BCUT2D eigenvalue weighted by Crippen LogP contribution is -2.14. The molecule has 0 radical (unpaired) electrons. The molecule has 0 aliphatic carbocycles. The van der Waals surface area contributed by atoms with Crippen LogP contribution in [0, 0.1) is 13.8 Å². The molecule has 0 aliphatic heterocycles. The lowest BCUT2D eigenvalue weighted by molar-refractivity contribution is 0.661. The van der Waals surface area contributed by atoms with Gasteiger partial charge in [-0.2, -0.15) is 10.2 Å². The van der Waals surface area contributed by atoms with E-state index in [2.05, 4.69) is 30.7 Å². The number of nitrogens with zero attached hydrogens (tertiary/aromatic N) is 3. The smallest absolute Gasteiger partial charge is 0.138 e. The summed E-state index contributed by atoms with van der Waals surface area (Å²) in [5.74, 6) is 0.841. The van der Waals surface area contributed by atoms with Crippen LogP contribution in [0.1, 0.15) is 22.8 Å². The monoisotopic (exact) mass is 206 g/mol. The summed E-state index contributed by atoms with van der Waals surface area (Å²) in [5, 5.41) is 16.9. The minimum Gasteiger partial charge on any atom is -0.306 e. The van der Waals surface area contributed by atoms with Gasteiger partial charge in [0.15, 0.2) is 0 Å². The molecule has 0 saturated heterocycles. The highest BCUT2D eigenvalue weighted by atomic mass is 15.2. The van der Waals surface area contributed by atoms with Crippen LogP contribution in [-0.2, 0) is 13.1 Å². The Morgan fingerprint density at radius 3 is 2.73 bits per heavy atom. The molecule has 0 saturated carbocycles. The molecule has 2 heterocycles. The topological polar surface area (TPSA) is 82.3 Å². The van der Waals surface area contributed by atoms with E-state index in [1.54, 1.807) is 0 Å². The van der Waals surface area contributed by atoms with Crippen LogP contribution in [0.5, 0.6) is 0 Å². The van der Waals surface area contributed by atoms with E-state index in [1.807, 2.05) is 13.8 Å². The van der Waals surface area contributed by atoms with Crippen LogP contribution in [0.25, 0.3) is 0 Å². The first-order valence-electron chi connectivity index (χ1n) is 4.83. The fraction of sp³-hybridized carbons (Fsp3) is 0.444. The zero-order chi connectivity index (χ0) is 10.7. The average molecular weight is 206 g/mol. The van der Waals surface area contributed by atoms with Crippen LogP contribution in [0.2, 0.25) is 0 Å². The molecular formula is C9H14N6. The molecular weight excluding hydrogens is 192 g/mol. The number of nitrogens with one attached hydrogen (secondary N) is 3. The fourth-order valence-electron chi connectivity index (χ4n) is 1.46. The number of rotatable bonds is 4. The summed E-state index contributed by atoms with van der Waals surface area (Å²) < 4.78 is 0. The number of hydrogen-bond acceptors (Lipinski definition) is 4. The van der Waals surface area contributed by atoms with Crippen LogP contribution in [0.4, 0.5) is 0 Å². The van der Waals surface area contributed by atoms with E-state index in [9.17, 15) is 0 Å². The summed E-state index contributed by atoms with van der Waals surface area (Å²) in [4.78, 5) is 4.03. The summed E-state index contributed by atoms with van der Waals surface area (Å²) in [6, 6.07) is 0. The zero-order valence-corrected chi connectivity index (χ0v) is 8.83. The van der Waals surface area contributed by atoms with E-state index in [0.717, 1.165) is 23.8 Å². The largest absolute Gasteiger partial charge is 0.306 e. The standard InChI is InChI=1S/C9H14N6/c1-6-8(7(2)14-13-6)3-10-4-9-11-5-12-15-9/h5,10H,3-4H2,1-2H3,(H,13,14)(H,11,12,15). The van der Waals surface area contributed by atoms with Crippen LogP contribution in [0.15, 0.2) is 6.33 Å². The Hall–Kier alpha value is -1.69. The van der Waals surface area contributed by atoms with Crippen molar-refractivity contribution in [1.82, 2.24) is 30.7 Å². The molecule has 6 heteroatoms. The van der Waals surface area contributed by atoms with Crippen LogP contribution in [-0.4, -0.2) is 25.4 Å². The Morgan fingerprint density at radius 2 is 2.13 bits per heavy atom. The minimum atomic E-state index is 0.685. The van der Waals surface area contributed by atoms with E-state index in [0.29, 0.717) is 6.54 Å². The first-order valence-corrected chi connectivity index (χ1v) is 4.83. The van der Waals surface area contributed by atoms with Crippen molar-refractivity contribution in [3.8, 4) is 0 Å². The maximum absolute atomic E-state index is 4.13. The van der Waals surface area contributed by atoms with Crippen molar-refractivity contribution in [2.24, 2.45) is 0 Å². The molecule has 2 aromatic heterocycles. The number of aromatic amines is 2. The molecule has 0 bridgehead atoms. The van der Waals surface area contributed by atoms with Gasteiger partial charge in [0.25, 0.3) is 0 Å². The second kappa shape index (κ2) is 4.22. The highest BCUT2D eigenvalue weighted by Crippen LogP contribution is 2.08. The Bertz CT molecular complexity index is 396. The van der Waals surface area contributed by atoms with E-state index in [4.69, 9.17) is 0 Å². The molecule has 0 aliphatic rings. The van der Waals surface area contributed by atoms with Crippen molar-refractivity contribution in [3.05, 3.63) is 29.1 Å². The number of aryl methyl sites for hydroxylation is 2. The average Bonchev–Trinajstić information content (AvgIpc) is 2.82. The van der Waals surface area contributed by atoms with Gasteiger partial charge in [-0.15, -0.1) is 0 Å². The van der Waals surface area contributed by atoms with Gasteiger partial charge in [0.1, 0.15) is 12.2 Å². The molecule has 80 valence electrons. The third kappa shape index (κ3) is 2.21. The van der Waals surface area contributed by atoms with E-state index >= 15 is 0 Å². The second-order valence-corrected chi connectivity index (χ2v) is 3.45. The molecule has 3 N–H and O–H groups in total. The summed E-state index contributed by atoms with van der Waals surface area (Å²) in [6.45, 7) is 5.49. The molecule has 0 aromatic carbocycles. The molecule has 15 heavy (non-hydrogen) atoms. The maximum atomic E-state index is 4.13. The summed E-state index contributed by atoms with van der Waals surface area (Å²) in [6.07, 6.45) is 1.51. The van der Waals surface area contributed by atoms with Gasteiger partial charge in [-0.1, -0.05) is 0 Å². The SMILES string of the molecule is Cc1n[nH]c(C)c1CNCc1ncn[nH]1. The van der Waals surface area contributed by atoms with Crippen molar-refractivity contribution >= 4 is 0 Å². The molecule has 0 atom stereocenters. The van der Waals surface area contributed by atoms with Gasteiger partial charge in [-0.3, -0.25) is 10.2 Å². The zero-order valence-electron chi connectivity index (χ0n) is 8.83. The number of aromatic nitrogens is 5. The predicted octanol–water partition coefficient (Wildman–Crippen LogP) is 0.434. The van der Waals surface area contributed by atoms with Gasteiger partial charge in [-0.25, -0.2) is 4.98 Å². The number of H-pyrrole nitrogens is 2. The van der Waals surface area contributed by atoms with Crippen molar-refractivity contribution in [1.29, 1.82) is 0 Å². The van der Waals surface area contributed by atoms with E-state index in [-0.39, 0.29) is 0 Å². The fourth-order valence-corrected chi connectivity index (χ4v) is 1.46. The van der Waals surface area contributed by atoms with Crippen LogP contribution in [0.3, 0.4) is 0 Å². The van der Waals surface area contributed by atoms with Gasteiger partial charge in [0.05, 0.1) is 12.2 Å². The summed E-state index contributed by atoms with van der Waals surface area (Å²) in [7, 11) is 0. The second-order valence-electron chi connectivity index (χ2n) is 3.45. The third-order valence-electron chi connectivity index (χ3n) is 2.34. The van der Waals surface area contributed by atoms with Crippen molar-refractivity contribution in [2.45, 2.75) is 26.9 Å². The Balaban J connectivity index is 1.89. The molecule has 2 aromatic rings. The minimum absolute atomic E-state index is 0.685. The van der Waals surface area contributed by atoms with Gasteiger partial charge >= 0.3 is 0 Å². The first kappa shape index (κ1) is 9.85. The lowest BCUT2D eigenvalue weighted by atomic mass is 10.2. The first-order chi connectivity index (χ1) is 7.27. The number of hydrogen-bond donors (Lipinski definition) is 3. The van der Waals surface area contributed by atoms with Crippen LogP contribution >= 0.6 is 0 Å². The van der Waals surface area contributed by atoms with Crippen molar-refractivity contribution in [3.63, 3.8) is 0 Å².